The third kappa shape index (κ3) is 5.81. The van der Waals surface area contributed by atoms with Gasteiger partial charge in [-0.05, 0) is 98.2 Å². The molecule has 3 aromatic rings. The number of aromatic nitrogens is 4. The topological polar surface area (TPSA) is 163 Å². The van der Waals surface area contributed by atoms with Crippen molar-refractivity contribution in [3.8, 4) is 12.1 Å². The van der Waals surface area contributed by atoms with Gasteiger partial charge in [0.05, 0.1) is 18.0 Å². The fraction of sp³-hybridized carbons (Fsp3) is 0.472. The Hall–Kier alpha value is -4.87. The van der Waals surface area contributed by atoms with Crippen LogP contribution in [-0.2, 0) is 29.5 Å². The zero-order valence-electron chi connectivity index (χ0n) is 27.4. The molecular formula is C36H41N9O2. The molecule has 11 nitrogen and oxygen atoms in total. The van der Waals surface area contributed by atoms with Crippen LogP contribution in [0, 0.1) is 34.5 Å². The first kappa shape index (κ1) is 32.1. The van der Waals surface area contributed by atoms with Crippen molar-refractivity contribution in [3.05, 3.63) is 87.9 Å². The minimum Gasteiger partial charge on any atom is -0.389 e. The number of hydrogen-bond acceptors (Lipinski definition) is 9. The average molecular weight is 632 g/mol. The van der Waals surface area contributed by atoms with E-state index in [0.29, 0.717) is 48.9 Å². The Morgan fingerprint density at radius 1 is 1.15 bits per heavy atom. The van der Waals surface area contributed by atoms with Crippen molar-refractivity contribution in [2.24, 2.45) is 11.8 Å². The standard InChI is InChI=1S/C36H41N9O2/c1-6-39-21(2)13-23-7-11-29-24(14-23)8-9-25-15-26(31(46)18-38)10-12-30(25)36(29,34-41-43-44-42-34)20-35(4,5)40-19-32(47)45-27(17-37)16-28-22(3)33(28)45/h7,10-12,14-15,22,27-28,33,39-40H,2,6,8-9,13,16,19-20H2,1,3-5H3,(H,41,42,43,44). The SMILES string of the molecule is C=C(Cc1ccc2c(c1)CCc1cc(C(=O)C#N)ccc1C2(CC(C)(C)NCC(=O)N1C(C#N)CC2C(C)C21)c1nn[nH]n1)NCC. The number of likely N-dealkylation sites (N-methyl/N-ethyl adjacent to an activating group) is 1. The molecule has 0 spiro atoms. The molecular weight excluding hydrogens is 590 g/mol. The second kappa shape index (κ2) is 12.4. The molecule has 5 unspecified atom stereocenters. The lowest BCUT2D eigenvalue weighted by Gasteiger charge is -2.41. The van der Waals surface area contributed by atoms with Gasteiger partial charge in [0.2, 0.25) is 5.91 Å². The Bertz CT molecular complexity index is 1800. The minimum atomic E-state index is -0.919. The lowest BCUT2D eigenvalue weighted by molar-refractivity contribution is -0.131. The first-order valence-corrected chi connectivity index (χ1v) is 16.3. The molecule has 3 aliphatic rings. The molecule has 2 aliphatic carbocycles. The Morgan fingerprint density at radius 2 is 1.87 bits per heavy atom. The number of allylic oxidation sites excluding steroid dienone is 1. The van der Waals surface area contributed by atoms with Crippen LogP contribution in [0.1, 0.15) is 84.5 Å². The van der Waals surface area contributed by atoms with Gasteiger partial charge in [0.15, 0.2) is 5.82 Å². The normalized spacial score (nSPS) is 24.2. The zero-order valence-corrected chi connectivity index (χ0v) is 27.4. The van der Waals surface area contributed by atoms with Gasteiger partial charge in [-0.2, -0.15) is 15.7 Å². The van der Waals surface area contributed by atoms with Crippen LogP contribution >= 0.6 is 0 Å². The van der Waals surface area contributed by atoms with Crippen molar-refractivity contribution >= 4 is 11.7 Å². The van der Waals surface area contributed by atoms with Crippen molar-refractivity contribution in [3.63, 3.8) is 0 Å². The van der Waals surface area contributed by atoms with Crippen molar-refractivity contribution in [1.82, 2.24) is 36.2 Å². The number of nitriles is 2. The largest absolute Gasteiger partial charge is 0.389 e. The van der Waals surface area contributed by atoms with Crippen molar-refractivity contribution in [2.45, 2.75) is 82.8 Å². The van der Waals surface area contributed by atoms with Gasteiger partial charge in [-0.1, -0.05) is 43.0 Å². The van der Waals surface area contributed by atoms with Crippen LogP contribution in [0.15, 0.2) is 48.7 Å². The summed E-state index contributed by atoms with van der Waals surface area (Å²) in [5.41, 5.74) is 4.85. The van der Waals surface area contributed by atoms with E-state index in [9.17, 15) is 20.1 Å². The number of piperidine rings is 1. The molecule has 1 saturated carbocycles. The molecule has 11 heteroatoms. The number of carbonyl (C=O) groups is 2. The Labute approximate surface area is 275 Å². The first-order chi connectivity index (χ1) is 22.5. The van der Waals surface area contributed by atoms with Gasteiger partial charge in [0, 0.05) is 35.8 Å². The summed E-state index contributed by atoms with van der Waals surface area (Å²) < 4.78 is 0. The number of ketones is 1. The number of hydrogen-bond donors (Lipinski definition) is 3. The molecule has 1 aromatic heterocycles. The smallest absolute Gasteiger partial charge is 0.262 e. The van der Waals surface area contributed by atoms with Gasteiger partial charge >= 0.3 is 0 Å². The predicted octanol–water partition coefficient (Wildman–Crippen LogP) is 3.52. The van der Waals surface area contributed by atoms with Gasteiger partial charge < -0.3 is 15.5 Å². The van der Waals surface area contributed by atoms with E-state index < -0.39 is 16.7 Å². The second-order valence-electron chi connectivity index (χ2n) is 13.9. The van der Waals surface area contributed by atoms with Gasteiger partial charge in [0.25, 0.3) is 5.78 Å². The highest BCUT2D eigenvalue weighted by atomic mass is 16.2. The fourth-order valence-electron chi connectivity index (χ4n) is 8.13. The predicted molar refractivity (Wildman–Crippen MR) is 175 cm³/mol. The molecule has 5 atom stereocenters. The van der Waals surface area contributed by atoms with E-state index in [-0.39, 0.29) is 24.5 Å². The second-order valence-corrected chi connectivity index (χ2v) is 13.9. The highest BCUT2D eigenvalue weighted by Crippen LogP contribution is 2.53. The number of aromatic amines is 1. The summed E-state index contributed by atoms with van der Waals surface area (Å²) in [5.74, 6) is 0.659. The maximum atomic E-state index is 13.6. The molecule has 0 radical (unpaired) electrons. The third-order valence-electron chi connectivity index (χ3n) is 10.3. The number of amides is 1. The monoisotopic (exact) mass is 631 g/mol. The summed E-state index contributed by atoms with van der Waals surface area (Å²) in [6.07, 6.45) is 3.22. The maximum absolute atomic E-state index is 13.6. The number of tetrazole rings is 1. The molecule has 0 bridgehead atoms. The molecule has 6 rings (SSSR count). The summed E-state index contributed by atoms with van der Waals surface area (Å²) in [5, 5.41) is 41.8. The van der Waals surface area contributed by atoms with Crippen molar-refractivity contribution in [1.29, 1.82) is 10.5 Å². The van der Waals surface area contributed by atoms with E-state index in [2.05, 4.69) is 82.9 Å². The number of benzene rings is 2. The number of fused-ring (bicyclic) bond motifs is 3. The number of nitrogens with one attached hydrogen (secondary N) is 3. The molecule has 47 heavy (non-hydrogen) atoms. The van der Waals surface area contributed by atoms with Crippen LogP contribution in [0.2, 0.25) is 0 Å². The van der Waals surface area contributed by atoms with Crippen molar-refractivity contribution in [2.75, 3.05) is 13.1 Å². The molecule has 242 valence electrons. The van der Waals surface area contributed by atoms with E-state index in [1.165, 1.54) is 0 Å². The van der Waals surface area contributed by atoms with Crippen LogP contribution < -0.4 is 10.6 Å². The minimum absolute atomic E-state index is 0.0676. The molecule has 2 heterocycles. The van der Waals surface area contributed by atoms with E-state index in [0.717, 1.165) is 46.5 Å². The lowest BCUT2D eigenvalue weighted by Crippen LogP contribution is -2.52. The van der Waals surface area contributed by atoms with Gasteiger partial charge in [-0.3, -0.25) is 9.59 Å². The number of rotatable bonds is 11. The molecule has 1 amide bonds. The van der Waals surface area contributed by atoms with Crippen LogP contribution in [-0.4, -0.2) is 67.9 Å². The lowest BCUT2D eigenvalue weighted by atomic mass is 9.65. The molecule has 1 saturated heterocycles. The van der Waals surface area contributed by atoms with Crippen LogP contribution in [0.4, 0.5) is 0 Å². The van der Waals surface area contributed by atoms with Crippen molar-refractivity contribution < 1.29 is 9.59 Å². The highest BCUT2D eigenvalue weighted by molar-refractivity contribution is 6.07. The van der Waals surface area contributed by atoms with Gasteiger partial charge in [-0.25, -0.2) is 0 Å². The van der Waals surface area contributed by atoms with Crippen LogP contribution in [0.5, 0.6) is 0 Å². The molecule has 1 aliphatic heterocycles. The zero-order chi connectivity index (χ0) is 33.5. The summed E-state index contributed by atoms with van der Waals surface area (Å²) in [6, 6.07) is 15.8. The third-order valence-corrected chi connectivity index (χ3v) is 10.3. The summed E-state index contributed by atoms with van der Waals surface area (Å²) in [6.45, 7) is 13.4. The van der Waals surface area contributed by atoms with E-state index in [1.807, 2.05) is 19.1 Å². The number of aryl methyl sites for hydroxylation is 2. The fourth-order valence-corrected chi connectivity index (χ4v) is 8.13. The Morgan fingerprint density at radius 3 is 2.53 bits per heavy atom. The first-order valence-electron chi connectivity index (χ1n) is 16.3. The number of Topliss-reactive ketones (excluding diaryl/α,β-unsaturated/α-hetero) is 1. The van der Waals surface area contributed by atoms with E-state index in [4.69, 9.17) is 0 Å². The summed E-state index contributed by atoms with van der Waals surface area (Å²) in [4.78, 5) is 27.9. The summed E-state index contributed by atoms with van der Waals surface area (Å²) >= 11 is 0. The number of likely N-dealkylation sites (tertiary alicyclic amines) is 1. The number of nitrogens with zero attached hydrogens (tertiary/aromatic N) is 6. The molecule has 2 fully saturated rings. The van der Waals surface area contributed by atoms with Crippen LogP contribution in [0.25, 0.3) is 0 Å². The van der Waals surface area contributed by atoms with E-state index >= 15 is 0 Å². The summed E-state index contributed by atoms with van der Waals surface area (Å²) in [7, 11) is 0. The van der Waals surface area contributed by atoms with Gasteiger partial charge in [0.1, 0.15) is 12.1 Å². The maximum Gasteiger partial charge on any atom is 0.262 e. The Kier molecular flexibility index (Phi) is 8.46. The molecule has 3 N–H and O–H groups in total. The van der Waals surface area contributed by atoms with Crippen LogP contribution in [0.3, 0.4) is 0 Å². The quantitative estimate of drug-likeness (QED) is 0.212. The highest BCUT2D eigenvalue weighted by Gasteiger charge is 2.60. The molecule has 2 aromatic carbocycles. The van der Waals surface area contributed by atoms with E-state index in [1.54, 1.807) is 17.0 Å². The van der Waals surface area contributed by atoms with Gasteiger partial charge in [-0.15, -0.1) is 10.2 Å². The number of H-pyrrole nitrogens is 1. The number of carbonyl (C=O) groups excluding carboxylic acids is 2. The Balaban J connectivity index is 1.42. The average Bonchev–Trinajstić information content (AvgIpc) is 3.40.